The Hall–Kier alpha value is -3.51. The third kappa shape index (κ3) is 3.88. The summed E-state index contributed by atoms with van der Waals surface area (Å²) in [5.74, 6) is -0.229. The number of aromatic amines is 1. The molecule has 2 aromatic carbocycles. The van der Waals surface area contributed by atoms with Gasteiger partial charge in [-0.1, -0.05) is 23.7 Å². The molecule has 4 aromatic rings. The molecular weight excluding hydrogens is 386 g/mol. The lowest BCUT2D eigenvalue weighted by molar-refractivity contribution is 0.102. The molecule has 0 aliphatic carbocycles. The summed E-state index contributed by atoms with van der Waals surface area (Å²) in [5, 5.41) is 10.9. The van der Waals surface area contributed by atoms with Gasteiger partial charge in [0.2, 0.25) is 0 Å². The minimum Gasteiger partial charge on any atom is -0.387 e. The second kappa shape index (κ2) is 7.85. The van der Waals surface area contributed by atoms with Gasteiger partial charge in [-0.05, 0) is 48.9 Å². The Morgan fingerprint density at radius 3 is 2.72 bits per heavy atom. The average Bonchev–Trinajstić information content (AvgIpc) is 3.18. The fourth-order valence-electron chi connectivity index (χ4n) is 3.21. The molecule has 1 amide bonds. The van der Waals surface area contributed by atoms with Crippen molar-refractivity contribution >= 4 is 51.3 Å². The van der Waals surface area contributed by atoms with E-state index in [4.69, 9.17) is 11.6 Å². The number of aryl methyl sites for hydroxylation is 1. The van der Waals surface area contributed by atoms with Crippen molar-refractivity contribution in [3.63, 3.8) is 0 Å². The SMILES string of the molecule is CNc1c(C(=O)Nc2cc(Nc3cccc(Cl)c3)ccc2C)cnc2[nH]ccc12. The van der Waals surface area contributed by atoms with Crippen LogP contribution in [0.5, 0.6) is 0 Å². The van der Waals surface area contributed by atoms with Crippen molar-refractivity contribution in [2.24, 2.45) is 0 Å². The number of carbonyl (C=O) groups excluding carboxylic acids is 1. The van der Waals surface area contributed by atoms with E-state index in [2.05, 4.69) is 25.9 Å². The number of nitrogens with one attached hydrogen (secondary N) is 4. The maximum atomic E-state index is 13.0. The third-order valence-electron chi connectivity index (χ3n) is 4.68. The quantitative estimate of drug-likeness (QED) is 0.350. The topological polar surface area (TPSA) is 81.8 Å². The van der Waals surface area contributed by atoms with Gasteiger partial charge < -0.3 is 20.9 Å². The molecule has 2 aromatic heterocycles. The molecule has 0 saturated carbocycles. The molecule has 7 heteroatoms. The van der Waals surface area contributed by atoms with Crippen LogP contribution in [0.15, 0.2) is 60.9 Å². The highest BCUT2D eigenvalue weighted by atomic mass is 35.5. The molecule has 4 rings (SSSR count). The number of benzene rings is 2. The average molecular weight is 406 g/mol. The van der Waals surface area contributed by atoms with Crippen molar-refractivity contribution in [2.45, 2.75) is 6.92 Å². The summed E-state index contributed by atoms with van der Waals surface area (Å²) >= 11 is 6.05. The Bertz CT molecular complexity index is 1200. The van der Waals surface area contributed by atoms with E-state index < -0.39 is 0 Å². The number of aromatic nitrogens is 2. The van der Waals surface area contributed by atoms with Crippen molar-refractivity contribution in [3.05, 3.63) is 77.1 Å². The molecule has 0 aliphatic rings. The highest BCUT2D eigenvalue weighted by Gasteiger charge is 2.16. The Morgan fingerprint density at radius 2 is 1.93 bits per heavy atom. The minimum absolute atomic E-state index is 0.229. The van der Waals surface area contributed by atoms with Crippen LogP contribution in [0.1, 0.15) is 15.9 Å². The van der Waals surface area contributed by atoms with Gasteiger partial charge in [0.05, 0.1) is 11.3 Å². The van der Waals surface area contributed by atoms with Gasteiger partial charge in [0.15, 0.2) is 0 Å². The van der Waals surface area contributed by atoms with E-state index in [1.54, 1.807) is 19.4 Å². The largest absolute Gasteiger partial charge is 0.387 e. The number of anilines is 4. The van der Waals surface area contributed by atoms with Gasteiger partial charge >= 0.3 is 0 Å². The molecule has 0 aliphatic heterocycles. The van der Waals surface area contributed by atoms with Crippen LogP contribution in [0.4, 0.5) is 22.7 Å². The van der Waals surface area contributed by atoms with Crippen molar-refractivity contribution in [2.75, 3.05) is 23.0 Å². The van der Waals surface area contributed by atoms with E-state index in [0.29, 0.717) is 10.6 Å². The first-order chi connectivity index (χ1) is 14.0. The maximum Gasteiger partial charge on any atom is 0.259 e. The van der Waals surface area contributed by atoms with E-state index in [0.717, 1.165) is 39.3 Å². The lowest BCUT2D eigenvalue weighted by atomic mass is 10.1. The normalized spacial score (nSPS) is 10.7. The van der Waals surface area contributed by atoms with E-state index in [1.165, 1.54) is 0 Å². The fourth-order valence-corrected chi connectivity index (χ4v) is 3.40. The van der Waals surface area contributed by atoms with Gasteiger partial charge in [0.1, 0.15) is 5.65 Å². The summed E-state index contributed by atoms with van der Waals surface area (Å²) in [6, 6.07) is 15.2. The van der Waals surface area contributed by atoms with Gasteiger partial charge in [0, 0.05) is 46.9 Å². The molecule has 0 radical (unpaired) electrons. The molecule has 4 N–H and O–H groups in total. The molecule has 0 spiro atoms. The van der Waals surface area contributed by atoms with Crippen molar-refractivity contribution in [3.8, 4) is 0 Å². The summed E-state index contributed by atoms with van der Waals surface area (Å²) in [6.45, 7) is 1.95. The predicted octanol–water partition coefficient (Wildman–Crippen LogP) is 5.56. The number of halogens is 1. The van der Waals surface area contributed by atoms with Crippen LogP contribution in [-0.2, 0) is 0 Å². The number of rotatable bonds is 5. The molecule has 29 heavy (non-hydrogen) atoms. The second-order valence-electron chi connectivity index (χ2n) is 6.66. The summed E-state index contributed by atoms with van der Waals surface area (Å²) in [6.07, 6.45) is 3.37. The lowest BCUT2D eigenvalue weighted by Gasteiger charge is -2.14. The second-order valence-corrected chi connectivity index (χ2v) is 7.09. The van der Waals surface area contributed by atoms with Crippen LogP contribution in [-0.4, -0.2) is 22.9 Å². The number of fused-ring (bicyclic) bond motifs is 1. The number of hydrogen-bond donors (Lipinski definition) is 4. The zero-order valence-electron chi connectivity index (χ0n) is 16.0. The van der Waals surface area contributed by atoms with Gasteiger partial charge in [-0.2, -0.15) is 0 Å². The molecule has 146 valence electrons. The Kier molecular flexibility index (Phi) is 5.10. The molecule has 6 nitrogen and oxygen atoms in total. The van der Waals surface area contributed by atoms with Gasteiger partial charge in [-0.15, -0.1) is 0 Å². The number of nitrogens with zero attached hydrogens (tertiary/aromatic N) is 1. The smallest absolute Gasteiger partial charge is 0.259 e. The van der Waals surface area contributed by atoms with Crippen molar-refractivity contribution in [1.29, 1.82) is 0 Å². The lowest BCUT2D eigenvalue weighted by Crippen LogP contribution is -2.15. The molecule has 0 fully saturated rings. The molecule has 0 bridgehead atoms. The number of pyridine rings is 1. The predicted molar refractivity (Wildman–Crippen MR) is 120 cm³/mol. The summed E-state index contributed by atoms with van der Waals surface area (Å²) in [5.41, 5.74) is 5.34. The molecule has 0 unspecified atom stereocenters. The Balaban J connectivity index is 1.61. The van der Waals surface area contributed by atoms with Crippen LogP contribution in [0, 0.1) is 6.92 Å². The van der Waals surface area contributed by atoms with Gasteiger partial charge in [0.25, 0.3) is 5.91 Å². The Labute approximate surface area is 173 Å². The zero-order valence-corrected chi connectivity index (χ0v) is 16.8. The van der Waals surface area contributed by atoms with Crippen molar-refractivity contribution in [1.82, 2.24) is 9.97 Å². The highest BCUT2D eigenvalue weighted by molar-refractivity contribution is 6.30. The van der Waals surface area contributed by atoms with Gasteiger partial charge in [-0.25, -0.2) is 4.98 Å². The van der Waals surface area contributed by atoms with E-state index >= 15 is 0 Å². The molecule has 0 atom stereocenters. The van der Waals surface area contributed by atoms with Crippen molar-refractivity contribution < 1.29 is 4.79 Å². The highest BCUT2D eigenvalue weighted by Crippen LogP contribution is 2.28. The van der Waals surface area contributed by atoms with Crippen LogP contribution in [0.3, 0.4) is 0 Å². The first-order valence-corrected chi connectivity index (χ1v) is 9.51. The zero-order chi connectivity index (χ0) is 20.4. The molecule has 0 saturated heterocycles. The summed E-state index contributed by atoms with van der Waals surface area (Å²) in [7, 11) is 1.79. The summed E-state index contributed by atoms with van der Waals surface area (Å²) in [4.78, 5) is 20.4. The van der Waals surface area contributed by atoms with E-state index in [-0.39, 0.29) is 5.91 Å². The van der Waals surface area contributed by atoms with Gasteiger partial charge in [-0.3, -0.25) is 4.79 Å². The fraction of sp³-hybridized carbons (Fsp3) is 0.0909. The van der Waals surface area contributed by atoms with E-state index in [9.17, 15) is 4.79 Å². The van der Waals surface area contributed by atoms with E-state index in [1.807, 2.05) is 55.5 Å². The molecular formula is C22H20ClN5O. The number of hydrogen-bond acceptors (Lipinski definition) is 4. The molecule has 2 heterocycles. The van der Waals surface area contributed by atoms with Crippen LogP contribution >= 0.6 is 11.6 Å². The maximum absolute atomic E-state index is 13.0. The first kappa shape index (κ1) is 18.8. The first-order valence-electron chi connectivity index (χ1n) is 9.13. The number of H-pyrrole nitrogens is 1. The number of carbonyl (C=O) groups is 1. The van der Waals surface area contributed by atoms with Crippen LogP contribution in [0.2, 0.25) is 5.02 Å². The number of amides is 1. The summed E-state index contributed by atoms with van der Waals surface area (Å²) < 4.78 is 0. The minimum atomic E-state index is -0.229. The standard InChI is InChI=1S/C22H20ClN5O/c1-13-6-7-16(27-15-5-3-4-14(23)10-15)11-19(13)28-22(29)18-12-26-21-17(8-9-25-21)20(18)24-2/h3-12,27H,1-2H3,(H,28,29)(H2,24,25,26). The third-order valence-corrected chi connectivity index (χ3v) is 4.92. The Morgan fingerprint density at radius 1 is 1.10 bits per heavy atom. The van der Waals surface area contributed by atoms with Crippen LogP contribution < -0.4 is 16.0 Å². The van der Waals surface area contributed by atoms with Crippen LogP contribution in [0.25, 0.3) is 11.0 Å². The monoisotopic (exact) mass is 405 g/mol.